The maximum absolute atomic E-state index is 13.6. The molecule has 3 aromatic carbocycles. The van der Waals surface area contributed by atoms with Crippen LogP contribution in [0.2, 0.25) is 0 Å². The van der Waals surface area contributed by atoms with Gasteiger partial charge >= 0.3 is 6.09 Å². The summed E-state index contributed by atoms with van der Waals surface area (Å²) in [5, 5.41) is 3.74. The third-order valence-corrected chi connectivity index (χ3v) is 6.14. The molecule has 0 aliphatic heterocycles. The van der Waals surface area contributed by atoms with Crippen LogP contribution in [-0.2, 0) is 29.5 Å². The zero-order chi connectivity index (χ0) is 27.3. The van der Waals surface area contributed by atoms with Gasteiger partial charge in [0, 0.05) is 37.2 Å². The molecule has 196 valence electrons. The minimum absolute atomic E-state index is 0.117. The van der Waals surface area contributed by atoms with Crippen molar-refractivity contribution in [1.82, 2.24) is 9.47 Å². The summed E-state index contributed by atoms with van der Waals surface area (Å²) in [5.41, 5.74) is 2.79. The number of para-hydroxylation sites is 2. The number of benzene rings is 3. The molecule has 0 atom stereocenters. The number of ether oxygens (including phenoxy) is 1. The monoisotopic (exact) mass is 511 g/mol. The van der Waals surface area contributed by atoms with E-state index in [1.165, 1.54) is 0 Å². The largest absolute Gasteiger partial charge is 0.444 e. The number of amides is 2. The van der Waals surface area contributed by atoms with Crippen LogP contribution in [0.4, 0.5) is 10.5 Å². The molecule has 0 bridgehead atoms. The molecule has 4 rings (SSSR count). The van der Waals surface area contributed by atoms with Gasteiger partial charge < -0.3 is 14.2 Å². The average molecular weight is 512 g/mol. The van der Waals surface area contributed by atoms with Crippen molar-refractivity contribution in [1.29, 1.82) is 0 Å². The van der Waals surface area contributed by atoms with Gasteiger partial charge in [0.25, 0.3) is 11.7 Å². The first-order chi connectivity index (χ1) is 18.1. The minimum Gasteiger partial charge on any atom is -0.444 e. The number of ketones is 1. The highest BCUT2D eigenvalue weighted by atomic mass is 16.6. The van der Waals surface area contributed by atoms with E-state index in [1.807, 2.05) is 49.5 Å². The van der Waals surface area contributed by atoms with Gasteiger partial charge in [0.15, 0.2) is 0 Å². The van der Waals surface area contributed by atoms with Crippen molar-refractivity contribution in [3.05, 3.63) is 102 Å². The van der Waals surface area contributed by atoms with E-state index in [0.717, 1.165) is 22.0 Å². The second-order valence-electron chi connectivity index (χ2n) is 10.2. The molecule has 0 radical (unpaired) electrons. The lowest BCUT2D eigenvalue weighted by atomic mass is 10.1. The Bertz CT molecular complexity index is 1450. The second-order valence-corrected chi connectivity index (χ2v) is 10.2. The summed E-state index contributed by atoms with van der Waals surface area (Å²) in [7, 11) is 2.00. The first kappa shape index (κ1) is 26.7. The number of hydrogen-bond donors (Lipinski definition) is 1. The Balaban J connectivity index is 1.58. The molecule has 0 saturated heterocycles. The second kappa shape index (κ2) is 11.3. The highest BCUT2D eigenvalue weighted by Crippen LogP contribution is 2.23. The Morgan fingerprint density at radius 2 is 1.55 bits per heavy atom. The smallest absolute Gasteiger partial charge is 0.412 e. The fourth-order valence-electron chi connectivity index (χ4n) is 4.40. The molecule has 1 aromatic heterocycles. The first-order valence-corrected chi connectivity index (χ1v) is 12.6. The van der Waals surface area contributed by atoms with E-state index < -0.39 is 23.4 Å². The van der Waals surface area contributed by atoms with Gasteiger partial charge in [0.1, 0.15) is 5.60 Å². The third kappa shape index (κ3) is 6.48. The molecule has 0 aliphatic carbocycles. The van der Waals surface area contributed by atoms with Gasteiger partial charge in [-0.1, -0.05) is 60.7 Å². The van der Waals surface area contributed by atoms with Gasteiger partial charge in [-0.2, -0.15) is 0 Å². The molecule has 4 aromatic rings. The number of Topliss-reactive ketones (excluding diaryl/α,β-unsaturated/α-hetero) is 1. The van der Waals surface area contributed by atoms with E-state index in [0.29, 0.717) is 13.0 Å². The van der Waals surface area contributed by atoms with Crippen LogP contribution in [0, 0.1) is 0 Å². The molecule has 0 spiro atoms. The van der Waals surface area contributed by atoms with Crippen LogP contribution >= 0.6 is 0 Å². The van der Waals surface area contributed by atoms with E-state index in [2.05, 4.69) is 28.2 Å². The summed E-state index contributed by atoms with van der Waals surface area (Å²) in [6.45, 7) is 5.91. The van der Waals surface area contributed by atoms with Crippen molar-refractivity contribution in [2.24, 2.45) is 7.05 Å². The Hall–Kier alpha value is -4.39. The van der Waals surface area contributed by atoms with Crippen LogP contribution in [0.3, 0.4) is 0 Å². The average Bonchev–Trinajstić information content (AvgIpc) is 3.21. The van der Waals surface area contributed by atoms with Crippen LogP contribution in [0.5, 0.6) is 0 Å². The molecule has 7 nitrogen and oxygen atoms in total. The van der Waals surface area contributed by atoms with Crippen molar-refractivity contribution >= 4 is 34.4 Å². The van der Waals surface area contributed by atoms with Gasteiger partial charge in [0.05, 0.1) is 11.3 Å². The summed E-state index contributed by atoms with van der Waals surface area (Å²) in [6, 6.07) is 24.2. The molecule has 0 saturated carbocycles. The lowest BCUT2D eigenvalue weighted by molar-refractivity contribution is -0.127. The number of carbonyl (C=O) groups is 3. The SMILES string of the molecule is Cn1cc(CCN(Cc2ccccc2)C(=O)C(=O)c2ccccc2NC(=O)OC(C)(C)C)c2ccccc21. The molecule has 1 N–H and O–H groups in total. The van der Waals surface area contributed by atoms with E-state index >= 15 is 0 Å². The number of rotatable bonds is 8. The van der Waals surface area contributed by atoms with Crippen LogP contribution in [0.15, 0.2) is 85.1 Å². The standard InChI is InChI=1S/C31H33N3O4/c1-31(2,3)38-30(37)32-26-16-10-8-15-25(26)28(35)29(36)34(20-22-12-6-5-7-13-22)19-18-23-21-33(4)27-17-11-9-14-24(23)27/h5-17,21H,18-20H2,1-4H3,(H,32,37). The molecule has 0 unspecified atom stereocenters. The Morgan fingerprint density at radius 3 is 2.29 bits per heavy atom. The van der Waals surface area contributed by atoms with Gasteiger partial charge in [-0.25, -0.2) is 4.79 Å². The summed E-state index contributed by atoms with van der Waals surface area (Å²) in [4.78, 5) is 41.1. The van der Waals surface area contributed by atoms with E-state index in [-0.39, 0.29) is 17.8 Å². The predicted octanol–water partition coefficient (Wildman–Crippen LogP) is 5.98. The topological polar surface area (TPSA) is 80.6 Å². The number of nitrogens with zero attached hydrogens (tertiary/aromatic N) is 2. The fraction of sp³-hybridized carbons (Fsp3) is 0.258. The van der Waals surface area contributed by atoms with E-state index in [1.54, 1.807) is 49.9 Å². The number of nitrogens with one attached hydrogen (secondary N) is 1. The number of aromatic nitrogens is 1. The Labute approximate surface area is 223 Å². The zero-order valence-corrected chi connectivity index (χ0v) is 22.2. The van der Waals surface area contributed by atoms with Crippen molar-refractivity contribution in [2.45, 2.75) is 39.3 Å². The van der Waals surface area contributed by atoms with Gasteiger partial charge in [-0.15, -0.1) is 0 Å². The summed E-state index contributed by atoms with van der Waals surface area (Å²) < 4.78 is 7.40. The minimum atomic E-state index is -0.701. The number of hydrogen-bond acceptors (Lipinski definition) is 4. The normalized spacial score (nSPS) is 11.3. The third-order valence-electron chi connectivity index (χ3n) is 6.14. The van der Waals surface area contributed by atoms with Crippen LogP contribution < -0.4 is 5.32 Å². The van der Waals surface area contributed by atoms with Crippen molar-refractivity contribution in [3.63, 3.8) is 0 Å². The highest BCUT2D eigenvalue weighted by Gasteiger charge is 2.27. The summed E-state index contributed by atoms with van der Waals surface area (Å²) >= 11 is 0. The summed E-state index contributed by atoms with van der Waals surface area (Å²) in [5.74, 6) is -1.32. The maximum Gasteiger partial charge on any atom is 0.412 e. The maximum atomic E-state index is 13.6. The molecular formula is C31H33N3O4. The molecule has 38 heavy (non-hydrogen) atoms. The number of aryl methyl sites for hydroxylation is 1. The van der Waals surface area contributed by atoms with E-state index in [4.69, 9.17) is 4.74 Å². The van der Waals surface area contributed by atoms with Gasteiger partial charge in [0.2, 0.25) is 0 Å². The number of carbonyl (C=O) groups excluding carboxylic acids is 3. The van der Waals surface area contributed by atoms with Crippen LogP contribution in [-0.4, -0.2) is 39.4 Å². The molecule has 2 amide bonds. The molecular weight excluding hydrogens is 478 g/mol. The van der Waals surface area contributed by atoms with Gasteiger partial charge in [-0.3, -0.25) is 14.9 Å². The van der Waals surface area contributed by atoms with Gasteiger partial charge in [-0.05, 0) is 56.5 Å². The first-order valence-electron chi connectivity index (χ1n) is 12.6. The number of anilines is 1. The molecule has 0 aliphatic rings. The Kier molecular flexibility index (Phi) is 7.96. The Morgan fingerprint density at radius 1 is 0.895 bits per heavy atom. The van der Waals surface area contributed by atoms with Crippen LogP contribution in [0.25, 0.3) is 10.9 Å². The molecule has 0 fully saturated rings. The highest BCUT2D eigenvalue weighted by molar-refractivity contribution is 6.44. The van der Waals surface area contributed by atoms with Crippen molar-refractivity contribution in [2.75, 3.05) is 11.9 Å². The van der Waals surface area contributed by atoms with E-state index in [9.17, 15) is 14.4 Å². The quantitative estimate of drug-likeness (QED) is 0.233. The summed E-state index contributed by atoms with van der Waals surface area (Å²) in [6.07, 6.45) is 1.96. The number of fused-ring (bicyclic) bond motifs is 1. The molecule has 1 heterocycles. The molecule has 7 heteroatoms. The predicted molar refractivity (Wildman–Crippen MR) is 149 cm³/mol. The van der Waals surface area contributed by atoms with Crippen LogP contribution in [0.1, 0.15) is 42.3 Å². The van der Waals surface area contributed by atoms with Crippen molar-refractivity contribution in [3.8, 4) is 0 Å². The lowest BCUT2D eigenvalue weighted by Crippen LogP contribution is -2.38. The van der Waals surface area contributed by atoms with Crippen molar-refractivity contribution < 1.29 is 19.1 Å². The zero-order valence-electron chi connectivity index (χ0n) is 22.2. The fourth-order valence-corrected chi connectivity index (χ4v) is 4.40. The lowest BCUT2D eigenvalue weighted by Gasteiger charge is -2.23.